The monoisotopic (exact) mass is 155 g/mol. The number of aliphatic hydroxyl groups excluding tert-OH is 1. The van der Waals surface area contributed by atoms with Crippen LogP contribution in [0.3, 0.4) is 0 Å². The number of hydrogen-bond donors (Lipinski definition) is 1. The molecule has 0 aliphatic carbocycles. The van der Waals surface area contributed by atoms with Crippen molar-refractivity contribution < 1.29 is 5.11 Å². The molecule has 2 heterocycles. The first-order valence-corrected chi connectivity index (χ1v) is 4.65. The predicted octanol–water partition coefficient (Wildman–Crippen LogP) is 0.851. The van der Waals surface area contributed by atoms with Gasteiger partial charge in [-0.25, -0.2) is 0 Å². The van der Waals surface area contributed by atoms with Crippen molar-refractivity contribution in [3.05, 3.63) is 0 Å². The first-order chi connectivity index (χ1) is 5.33. The van der Waals surface area contributed by atoms with Crippen LogP contribution < -0.4 is 0 Å². The molecule has 2 bridgehead atoms. The molecular weight excluding hydrogens is 138 g/mol. The molecule has 0 unspecified atom stereocenters. The Labute approximate surface area is 68.2 Å². The van der Waals surface area contributed by atoms with Gasteiger partial charge in [0.25, 0.3) is 0 Å². The van der Waals surface area contributed by atoms with Gasteiger partial charge in [0.05, 0.1) is 0 Å². The minimum absolute atomic E-state index is 0.391. The summed E-state index contributed by atoms with van der Waals surface area (Å²) in [6.07, 6.45) is 5.22. The van der Waals surface area contributed by atoms with Gasteiger partial charge in [-0.3, -0.25) is 0 Å². The van der Waals surface area contributed by atoms with Gasteiger partial charge in [0.1, 0.15) is 0 Å². The Morgan fingerprint density at radius 2 is 2.00 bits per heavy atom. The Morgan fingerprint density at radius 1 is 1.27 bits per heavy atom. The van der Waals surface area contributed by atoms with E-state index < -0.39 is 0 Å². The molecule has 0 saturated carbocycles. The second-order valence-corrected chi connectivity index (χ2v) is 3.98. The fourth-order valence-corrected chi connectivity index (χ4v) is 2.77. The van der Waals surface area contributed by atoms with E-state index in [0.29, 0.717) is 18.6 Å². The fourth-order valence-electron chi connectivity index (χ4n) is 2.77. The number of nitrogens with zero attached hydrogens (tertiary/aromatic N) is 1. The molecule has 2 saturated heterocycles. The molecule has 0 amide bonds. The molecule has 0 aromatic rings. The summed E-state index contributed by atoms with van der Waals surface area (Å²) in [7, 11) is 2.21. The zero-order valence-electron chi connectivity index (χ0n) is 7.16. The minimum Gasteiger partial charge on any atom is -0.396 e. The summed E-state index contributed by atoms with van der Waals surface area (Å²) in [6.45, 7) is 0.391. The van der Waals surface area contributed by atoms with Gasteiger partial charge in [0, 0.05) is 18.7 Å². The van der Waals surface area contributed by atoms with E-state index in [4.69, 9.17) is 5.11 Å². The molecule has 2 rings (SSSR count). The maximum atomic E-state index is 9.10. The topological polar surface area (TPSA) is 23.5 Å². The first-order valence-electron chi connectivity index (χ1n) is 4.65. The maximum absolute atomic E-state index is 9.10. The molecule has 0 spiro atoms. The standard InChI is InChI=1S/C9H17NO/c1-10-8-3-2-7(6-11)9(10)5-4-8/h7-9,11H,2-6H2,1H3/t7-,8-,9-/m1/s1. The Bertz CT molecular complexity index is 148. The van der Waals surface area contributed by atoms with Crippen LogP contribution in [0.1, 0.15) is 25.7 Å². The van der Waals surface area contributed by atoms with E-state index in [1.54, 1.807) is 0 Å². The first kappa shape index (κ1) is 7.56. The molecule has 0 radical (unpaired) electrons. The van der Waals surface area contributed by atoms with Crippen molar-refractivity contribution in [2.45, 2.75) is 37.8 Å². The van der Waals surface area contributed by atoms with Gasteiger partial charge < -0.3 is 10.0 Å². The van der Waals surface area contributed by atoms with Crippen molar-refractivity contribution in [1.29, 1.82) is 0 Å². The van der Waals surface area contributed by atoms with Crippen molar-refractivity contribution >= 4 is 0 Å². The number of piperidine rings is 1. The van der Waals surface area contributed by atoms with Crippen LogP contribution >= 0.6 is 0 Å². The normalized spacial score (nSPS) is 44.7. The van der Waals surface area contributed by atoms with Gasteiger partial charge >= 0.3 is 0 Å². The second-order valence-electron chi connectivity index (χ2n) is 3.98. The van der Waals surface area contributed by atoms with Gasteiger partial charge in [0.2, 0.25) is 0 Å². The summed E-state index contributed by atoms with van der Waals surface area (Å²) in [5.41, 5.74) is 0. The van der Waals surface area contributed by atoms with Crippen LogP contribution in [0.2, 0.25) is 0 Å². The van der Waals surface area contributed by atoms with Gasteiger partial charge in [-0.05, 0) is 38.6 Å². The molecule has 2 heteroatoms. The maximum Gasteiger partial charge on any atom is 0.0474 e. The third-order valence-corrected chi connectivity index (χ3v) is 3.54. The summed E-state index contributed by atoms with van der Waals surface area (Å²) in [5, 5.41) is 9.10. The largest absolute Gasteiger partial charge is 0.396 e. The van der Waals surface area contributed by atoms with Crippen LogP contribution in [-0.2, 0) is 0 Å². The smallest absolute Gasteiger partial charge is 0.0474 e. The molecule has 3 atom stereocenters. The SMILES string of the molecule is CN1[C@@H]2CC[C@H](CO)[C@H]1CC2. The lowest BCUT2D eigenvalue weighted by atomic mass is 9.91. The number of aliphatic hydroxyl groups is 1. The highest BCUT2D eigenvalue weighted by molar-refractivity contribution is 4.94. The van der Waals surface area contributed by atoms with E-state index in [0.717, 1.165) is 6.04 Å². The summed E-state index contributed by atoms with van der Waals surface area (Å²) in [5.74, 6) is 0.568. The van der Waals surface area contributed by atoms with Crippen molar-refractivity contribution in [3.63, 3.8) is 0 Å². The van der Waals surface area contributed by atoms with E-state index >= 15 is 0 Å². The van der Waals surface area contributed by atoms with E-state index in [1.165, 1.54) is 25.7 Å². The minimum atomic E-state index is 0.391. The number of rotatable bonds is 1. The molecule has 2 aliphatic heterocycles. The third-order valence-electron chi connectivity index (χ3n) is 3.54. The van der Waals surface area contributed by atoms with E-state index in [2.05, 4.69) is 11.9 Å². The summed E-state index contributed by atoms with van der Waals surface area (Å²) < 4.78 is 0. The summed E-state index contributed by atoms with van der Waals surface area (Å²) in [4.78, 5) is 2.48. The highest BCUT2D eigenvalue weighted by Crippen LogP contribution is 2.37. The molecule has 0 aromatic heterocycles. The second kappa shape index (κ2) is 2.76. The highest BCUT2D eigenvalue weighted by atomic mass is 16.3. The van der Waals surface area contributed by atoms with E-state index in [-0.39, 0.29) is 0 Å². The van der Waals surface area contributed by atoms with Gasteiger partial charge in [-0.1, -0.05) is 0 Å². The average molecular weight is 155 g/mol. The van der Waals surface area contributed by atoms with Gasteiger partial charge in [-0.15, -0.1) is 0 Å². The molecule has 0 aromatic carbocycles. The van der Waals surface area contributed by atoms with Crippen LogP contribution in [-0.4, -0.2) is 35.7 Å². The van der Waals surface area contributed by atoms with Crippen LogP contribution in [0.5, 0.6) is 0 Å². The Balaban J connectivity index is 2.08. The van der Waals surface area contributed by atoms with E-state index in [1.807, 2.05) is 0 Å². The summed E-state index contributed by atoms with van der Waals surface area (Å²) in [6, 6.07) is 1.53. The van der Waals surface area contributed by atoms with Gasteiger partial charge in [0.15, 0.2) is 0 Å². The Morgan fingerprint density at radius 3 is 2.73 bits per heavy atom. The Hall–Kier alpha value is -0.0800. The lowest BCUT2D eigenvalue weighted by Crippen LogP contribution is -2.43. The zero-order chi connectivity index (χ0) is 7.84. The Kier molecular flexibility index (Phi) is 1.90. The van der Waals surface area contributed by atoms with Crippen molar-refractivity contribution in [1.82, 2.24) is 4.90 Å². The number of fused-ring (bicyclic) bond motifs is 2. The van der Waals surface area contributed by atoms with Crippen molar-refractivity contribution in [2.75, 3.05) is 13.7 Å². The highest BCUT2D eigenvalue weighted by Gasteiger charge is 2.39. The lowest BCUT2D eigenvalue weighted by molar-refractivity contribution is 0.0775. The predicted molar refractivity (Wildman–Crippen MR) is 44.4 cm³/mol. The molecule has 2 fully saturated rings. The average Bonchev–Trinajstić information content (AvgIpc) is 2.31. The van der Waals surface area contributed by atoms with Gasteiger partial charge in [-0.2, -0.15) is 0 Å². The number of hydrogen-bond acceptors (Lipinski definition) is 2. The molecule has 2 nitrogen and oxygen atoms in total. The van der Waals surface area contributed by atoms with Crippen molar-refractivity contribution in [2.24, 2.45) is 5.92 Å². The lowest BCUT2D eigenvalue weighted by Gasteiger charge is -2.36. The summed E-state index contributed by atoms with van der Waals surface area (Å²) >= 11 is 0. The van der Waals surface area contributed by atoms with Crippen molar-refractivity contribution in [3.8, 4) is 0 Å². The van der Waals surface area contributed by atoms with Crippen LogP contribution in [0.15, 0.2) is 0 Å². The van der Waals surface area contributed by atoms with Crippen LogP contribution in [0, 0.1) is 5.92 Å². The zero-order valence-corrected chi connectivity index (χ0v) is 7.16. The quantitative estimate of drug-likeness (QED) is 0.607. The fraction of sp³-hybridized carbons (Fsp3) is 1.00. The molecule has 64 valence electrons. The van der Waals surface area contributed by atoms with E-state index in [9.17, 15) is 0 Å². The molecular formula is C9H17NO. The van der Waals surface area contributed by atoms with Crippen LogP contribution in [0.4, 0.5) is 0 Å². The molecule has 2 aliphatic rings. The third kappa shape index (κ3) is 1.09. The molecule has 11 heavy (non-hydrogen) atoms. The molecule has 1 N–H and O–H groups in total. The van der Waals surface area contributed by atoms with Crippen LogP contribution in [0.25, 0.3) is 0 Å².